The van der Waals surface area contributed by atoms with E-state index in [1.165, 1.54) is 25.3 Å². The highest BCUT2D eigenvalue weighted by Gasteiger charge is 2.31. The predicted molar refractivity (Wildman–Crippen MR) is 157 cm³/mol. The number of amides is 3. The Morgan fingerprint density at radius 3 is 2.15 bits per heavy atom. The zero-order valence-electron chi connectivity index (χ0n) is 23.8. The molecule has 41 heavy (non-hydrogen) atoms. The number of methoxy groups -OCH3 is 1. The molecule has 8 nitrogen and oxygen atoms in total. The Kier molecular flexibility index (Phi) is 9.27. The van der Waals surface area contributed by atoms with Gasteiger partial charge in [-0.15, -0.1) is 0 Å². The quantitative estimate of drug-likeness (QED) is 0.240. The normalized spacial score (nSPS) is 14.2. The van der Waals surface area contributed by atoms with Crippen LogP contribution in [-0.4, -0.2) is 36.2 Å². The molecular weight excluding hydrogens is 525 g/mol. The number of hydrogen-bond acceptors (Lipinski definition) is 4. The molecule has 0 saturated heterocycles. The number of aryl methyl sites for hydroxylation is 3. The predicted octanol–water partition coefficient (Wildman–Crippen LogP) is 6.83. The van der Waals surface area contributed by atoms with Crippen LogP contribution in [-0.2, 0) is 4.79 Å². The molecule has 3 amide bonds. The number of aliphatic carboxylic acids is 1. The lowest BCUT2D eigenvalue weighted by atomic mass is 9.83. The Hall–Kier alpha value is -4.40. The lowest BCUT2D eigenvalue weighted by Gasteiger charge is -2.28. The molecule has 0 aliphatic heterocycles. The third kappa shape index (κ3) is 7.03. The first-order chi connectivity index (χ1) is 19.6. The molecule has 0 spiro atoms. The van der Waals surface area contributed by atoms with Gasteiger partial charge >= 0.3 is 12.0 Å². The first kappa shape index (κ1) is 29.6. The van der Waals surface area contributed by atoms with E-state index < -0.39 is 29.8 Å². The van der Waals surface area contributed by atoms with Gasteiger partial charge in [0.15, 0.2) is 11.6 Å². The van der Waals surface area contributed by atoms with Crippen molar-refractivity contribution < 1.29 is 28.6 Å². The van der Waals surface area contributed by atoms with Crippen molar-refractivity contribution in [3.63, 3.8) is 0 Å². The fraction of sp³-hybridized carbons (Fsp3) is 0.344. The van der Waals surface area contributed by atoms with Crippen molar-refractivity contribution in [1.29, 1.82) is 0 Å². The molecule has 4 rings (SSSR count). The molecule has 3 aromatic carbocycles. The average Bonchev–Trinajstić information content (AvgIpc) is 2.93. The summed E-state index contributed by atoms with van der Waals surface area (Å²) in [5, 5.41) is 18.2. The summed E-state index contributed by atoms with van der Waals surface area (Å²) in [6.07, 6.45) is 4.34. The van der Waals surface area contributed by atoms with Crippen molar-refractivity contribution in [2.24, 2.45) is 5.92 Å². The van der Waals surface area contributed by atoms with E-state index >= 15 is 0 Å². The van der Waals surface area contributed by atoms with E-state index in [4.69, 9.17) is 4.74 Å². The molecule has 1 aliphatic carbocycles. The minimum absolute atomic E-state index is 0.0914. The van der Waals surface area contributed by atoms with Crippen LogP contribution in [0.2, 0.25) is 0 Å². The van der Waals surface area contributed by atoms with Gasteiger partial charge in [0, 0.05) is 5.69 Å². The molecule has 1 fully saturated rings. The molecule has 0 radical (unpaired) electrons. The fourth-order valence-electron chi connectivity index (χ4n) is 5.58. The van der Waals surface area contributed by atoms with Gasteiger partial charge in [-0.1, -0.05) is 49.1 Å². The lowest BCUT2D eigenvalue weighted by Crippen LogP contribution is -2.46. The summed E-state index contributed by atoms with van der Waals surface area (Å²) in [5.74, 6) is -2.34. The molecule has 1 atom stereocenters. The van der Waals surface area contributed by atoms with Crippen LogP contribution in [0.3, 0.4) is 0 Å². The van der Waals surface area contributed by atoms with E-state index in [0.717, 1.165) is 48.8 Å². The van der Waals surface area contributed by atoms with Crippen molar-refractivity contribution in [2.45, 2.75) is 58.9 Å². The molecule has 4 N–H and O–H groups in total. The van der Waals surface area contributed by atoms with Gasteiger partial charge in [0.05, 0.1) is 18.4 Å². The van der Waals surface area contributed by atoms with Gasteiger partial charge in [-0.2, -0.15) is 0 Å². The number of carbonyl (C=O) groups excluding carboxylic acids is 2. The van der Waals surface area contributed by atoms with Crippen LogP contribution >= 0.6 is 0 Å². The van der Waals surface area contributed by atoms with Crippen LogP contribution in [0.5, 0.6) is 5.75 Å². The zero-order chi connectivity index (χ0) is 29.7. The summed E-state index contributed by atoms with van der Waals surface area (Å²) in [4.78, 5) is 38.8. The minimum atomic E-state index is -1.09. The maximum absolute atomic E-state index is 14.5. The number of rotatable bonds is 8. The van der Waals surface area contributed by atoms with Gasteiger partial charge in [0.2, 0.25) is 0 Å². The Balaban J connectivity index is 1.67. The third-order valence-corrected chi connectivity index (χ3v) is 7.59. The topological polar surface area (TPSA) is 117 Å². The van der Waals surface area contributed by atoms with E-state index in [9.17, 15) is 23.9 Å². The first-order valence-electron chi connectivity index (χ1n) is 13.7. The van der Waals surface area contributed by atoms with Gasteiger partial charge in [0.1, 0.15) is 6.04 Å². The lowest BCUT2D eigenvalue weighted by molar-refractivity contribution is -0.141. The number of carbonyl (C=O) groups is 3. The Labute approximate surface area is 239 Å². The number of carboxylic acids is 1. The van der Waals surface area contributed by atoms with Crippen molar-refractivity contribution in [1.82, 2.24) is 5.32 Å². The molecule has 0 bridgehead atoms. The van der Waals surface area contributed by atoms with E-state index in [1.54, 1.807) is 18.2 Å². The Morgan fingerprint density at radius 2 is 1.54 bits per heavy atom. The van der Waals surface area contributed by atoms with Gasteiger partial charge in [-0.3, -0.25) is 4.79 Å². The van der Waals surface area contributed by atoms with Crippen molar-refractivity contribution in [3.05, 3.63) is 76.6 Å². The summed E-state index contributed by atoms with van der Waals surface area (Å²) in [5.41, 5.74) is 4.79. The van der Waals surface area contributed by atoms with Crippen LogP contribution in [0.15, 0.2) is 48.5 Å². The first-order valence-corrected chi connectivity index (χ1v) is 13.7. The minimum Gasteiger partial charge on any atom is -0.494 e. The summed E-state index contributed by atoms with van der Waals surface area (Å²) in [6.45, 7) is 5.76. The summed E-state index contributed by atoms with van der Waals surface area (Å²) in [6, 6.07) is 11.5. The second kappa shape index (κ2) is 12.8. The van der Waals surface area contributed by atoms with E-state index in [2.05, 4.69) is 16.0 Å². The second-order valence-electron chi connectivity index (χ2n) is 10.6. The van der Waals surface area contributed by atoms with E-state index in [0.29, 0.717) is 16.8 Å². The average molecular weight is 562 g/mol. The van der Waals surface area contributed by atoms with E-state index in [-0.39, 0.29) is 22.9 Å². The van der Waals surface area contributed by atoms with Gasteiger partial charge < -0.3 is 25.8 Å². The highest BCUT2D eigenvalue weighted by molar-refractivity contribution is 6.08. The van der Waals surface area contributed by atoms with Crippen LogP contribution in [0.25, 0.3) is 11.1 Å². The maximum Gasteiger partial charge on any atom is 0.326 e. The molecule has 0 heterocycles. The molecular formula is C32H36FN3O5. The molecule has 0 aromatic heterocycles. The second-order valence-corrected chi connectivity index (χ2v) is 10.6. The highest BCUT2D eigenvalue weighted by Crippen LogP contribution is 2.31. The van der Waals surface area contributed by atoms with Crippen molar-refractivity contribution in [3.8, 4) is 16.9 Å². The van der Waals surface area contributed by atoms with Crippen molar-refractivity contribution >= 4 is 29.3 Å². The van der Waals surface area contributed by atoms with Crippen LogP contribution in [0.4, 0.5) is 20.6 Å². The SMILES string of the molecule is COc1ccc(-c2ccc(C(=O)N[C@H](C(=O)O)C3CCCCC3)c(NC(=O)Nc3c(C)cc(C)cc3C)c2)cc1F. The summed E-state index contributed by atoms with van der Waals surface area (Å²) >= 11 is 0. The largest absolute Gasteiger partial charge is 0.494 e. The summed E-state index contributed by atoms with van der Waals surface area (Å²) in [7, 11) is 1.38. The fourth-order valence-corrected chi connectivity index (χ4v) is 5.58. The highest BCUT2D eigenvalue weighted by atomic mass is 19.1. The Morgan fingerprint density at radius 1 is 0.902 bits per heavy atom. The van der Waals surface area contributed by atoms with Crippen molar-refractivity contribution in [2.75, 3.05) is 17.7 Å². The van der Waals surface area contributed by atoms with Crippen LogP contribution in [0, 0.1) is 32.5 Å². The number of anilines is 2. The molecule has 1 aliphatic rings. The van der Waals surface area contributed by atoms with Crippen LogP contribution in [0.1, 0.15) is 59.2 Å². The van der Waals surface area contributed by atoms with Gasteiger partial charge in [-0.05, 0) is 86.1 Å². The monoisotopic (exact) mass is 561 g/mol. The van der Waals surface area contributed by atoms with E-state index in [1.807, 2.05) is 32.9 Å². The molecule has 216 valence electrons. The number of halogens is 1. The standard InChI is InChI=1S/C32H36FN3O5/c1-18-14-19(2)28(20(3)15-18)36-32(40)34-26-17-23(22-11-13-27(41-4)25(33)16-22)10-12-24(26)30(37)35-29(31(38)39)21-8-6-5-7-9-21/h10-17,21,29H,5-9H2,1-4H3,(H,35,37)(H,38,39)(H2,34,36,40)/t29-/m0/s1. The summed E-state index contributed by atoms with van der Waals surface area (Å²) < 4.78 is 19.5. The molecule has 1 saturated carbocycles. The van der Waals surface area contributed by atoms with Crippen LogP contribution < -0.4 is 20.7 Å². The number of benzene rings is 3. The smallest absolute Gasteiger partial charge is 0.326 e. The molecule has 0 unspecified atom stereocenters. The maximum atomic E-state index is 14.5. The molecule has 9 heteroatoms. The zero-order valence-corrected chi connectivity index (χ0v) is 23.8. The number of hydrogen-bond donors (Lipinski definition) is 4. The van der Waals surface area contributed by atoms with Gasteiger partial charge in [0.25, 0.3) is 5.91 Å². The molecule has 3 aromatic rings. The number of ether oxygens (including phenoxy) is 1. The number of urea groups is 1. The number of nitrogens with one attached hydrogen (secondary N) is 3. The van der Waals surface area contributed by atoms with Gasteiger partial charge in [-0.25, -0.2) is 14.0 Å². The Bertz CT molecular complexity index is 1440. The number of carboxylic acid groups (broad SMARTS) is 1. The third-order valence-electron chi connectivity index (χ3n) is 7.59.